The fourth-order valence-corrected chi connectivity index (χ4v) is 6.12. The number of ether oxygens (including phenoxy) is 2. The minimum atomic E-state index is -0.307. The lowest BCUT2D eigenvalue weighted by molar-refractivity contribution is -0.0379. The first kappa shape index (κ1) is 26.0. The van der Waals surface area contributed by atoms with E-state index in [1.807, 2.05) is 14.0 Å². The maximum atomic E-state index is 13.7. The van der Waals surface area contributed by atoms with Crippen molar-refractivity contribution in [2.45, 2.75) is 45.6 Å². The van der Waals surface area contributed by atoms with Crippen molar-refractivity contribution in [3.63, 3.8) is 0 Å². The van der Waals surface area contributed by atoms with Crippen molar-refractivity contribution in [1.82, 2.24) is 14.8 Å². The van der Waals surface area contributed by atoms with E-state index in [4.69, 9.17) is 14.5 Å². The van der Waals surface area contributed by atoms with Gasteiger partial charge < -0.3 is 25.0 Å². The predicted octanol–water partition coefficient (Wildman–Crippen LogP) is 4.86. The van der Waals surface area contributed by atoms with E-state index < -0.39 is 0 Å². The number of pyridine rings is 1. The van der Waals surface area contributed by atoms with Gasteiger partial charge in [0.25, 0.3) is 5.91 Å². The molecule has 2 N–H and O–H groups in total. The average molecular weight is 556 g/mol. The molecule has 1 aromatic carbocycles. The molecule has 3 aromatic rings. The predicted molar refractivity (Wildman–Crippen MR) is 159 cm³/mol. The number of rotatable bonds is 4. The van der Waals surface area contributed by atoms with Crippen LogP contribution < -0.4 is 20.3 Å². The van der Waals surface area contributed by atoms with Gasteiger partial charge in [-0.05, 0) is 81.7 Å². The zero-order chi connectivity index (χ0) is 28.1. The number of aryl methyl sites for hydroxylation is 2. The largest absolute Gasteiger partial charge is 0.477 e. The number of hydrogen-bond donors (Lipinski definition) is 2. The van der Waals surface area contributed by atoms with Gasteiger partial charge in [0.05, 0.1) is 48.6 Å². The highest BCUT2D eigenvalue weighted by Crippen LogP contribution is 2.43. The van der Waals surface area contributed by atoms with Gasteiger partial charge in [0.1, 0.15) is 0 Å². The number of fused-ring (bicyclic) bond motifs is 7. The Hall–Kier alpha value is -3.92. The molecule has 1 saturated heterocycles. The summed E-state index contributed by atoms with van der Waals surface area (Å²) in [6.45, 7) is 7.09. The van der Waals surface area contributed by atoms with E-state index in [0.29, 0.717) is 53.5 Å². The summed E-state index contributed by atoms with van der Waals surface area (Å²) in [5, 5.41) is 11.5. The third kappa shape index (κ3) is 5.16. The van der Waals surface area contributed by atoms with Gasteiger partial charge in [-0.2, -0.15) is 10.1 Å². The fourth-order valence-electron chi connectivity index (χ4n) is 6.12. The number of carbonyl (C=O) groups excluding carboxylic acids is 1. The molecule has 0 spiro atoms. The Labute approximate surface area is 240 Å². The molecular formula is C31H37N7O3. The van der Waals surface area contributed by atoms with Crippen molar-refractivity contribution in [3.8, 4) is 17.1 Å². The zero-order valence-corrected chi connectivity index (χ0v) is 23.9. The number of guanidine groups is 1. The molecule has 2 aromatic heterocycles. The summed E-state index contributed by atoms with van der Waals surface area (Å²) >= 11 is 0. The number of aliphatic imine (C=N–C) groups is 1. The molecule has 41 heavy (non-hydrogen) atoms. The highest BCUT2D eigenvalue weighted by Gasteiger charge is 2.36. The third-order valence-corrected chi connectivity index (χ3v) is 8.79. The first-order chi connectivity index (χ1) is 19.9. The smallest absolute Gasteiger partial charge is 0.280 e. The van der Waals surface area contributed by atoms with Gasteiger partial charge in [-0.3, -0.25) is 9.78 Å². The Bertz CT molecular complexity index is 1510. The van der Waals surface area contributed by atoms with Gasteiger partial charge >= 0.3 is 0 Å². The van der Waals surface area contributed by atoms with Crippen LogP contribution in [0.2, 0.25) is 0 Å². The van der Waals surface area contributed by atoms with E-state index in [0.717, 1.165) is 60.9 Å². The summed E-state index contributed by atoms with van der Waals surface area (Å²) in [5.74, 6) is 2.63. The van der Waals surface area contributed by atoms with Crippen molar-refractivity contribution < 1.29 is 14.3 Å². The normalized spacial score (nSPS) is 22.9. The summed E-state index contributed by atoms with van der Waals surface area (Å²) in [5.41, 5.74) is 5.72. The molecule has 10 heteroatoms. The molecule has 1 amide bonds. The number of hydrogen-bond acceptors (Lipinski definition) is 8. The lowest BCUT2D eigenvalue weighted by Gasteiger charge is -2.32. The van der Waals surface area contributed by atoms with Gasteiger partial charge in [-0.15, -0.1) is 0 Å². The van der Waals surface area contributed by atoms with Crippen LogP contribution in [0.4, 0.5) is 17.1 Å². The second kappa shape index (κ2) is 10.5. The number of carbonyl (C=O) groups is 1. The van der Waals surface area contributed by atoms with E-state index in [1.165, 1.54) is 12.8 Å². The van der Waals surface area contributed by atoms with Gasteiger partial charge in [-0.25, -0.2) is 4.68 Å². The lowest BCUT2D eigenvalue weighted by Crippen LogP contribution is -2.40. The van der Waals surface area contributed by atoms with Crippen LogP contribution in [0, 0.1) is 24.7 Å². The van der Waals surface area contributed by atoms with Crippen LogP contribution in [0.25, 0.3) is 11.3 Å². The maximum Gasteiger partial charge on any atom is 0.280 e. The maximum absolute atomic E-state index is 13.7. The third-order valence-electron chi connectivity index (χ3n) is 8.79. The summed E-state index contributed by atoms with van der Waals surface area (Å²) in [4.78, 5) is 25.3. The van der Waals surface area contributed by atoms with Gasteiger partial charge in [-0.1, -0.05) is 0 Å². The molecule has 2 atom stereocenters. The Morgan fingerprint density at radius 3 is 2.76 bits per heavy atom. The molecular weight excluding hydrogens is 518 g/mol. The molecule has 1 saturated carbocycles. The monoisotopic (exact) mass is 555 g/mol. The number of nitrogens with one attached hydrogen (secondary N) is 2. The van der Waals surface area contributed by atoms with Crippen LogP contribution in [0.3, 0.4) is 0 Å². The number of amides is 1. The van der Waals surface area contributed by atoms with E-state index in [1.54, 1.807) is 23.0 Å². The Kier molecular flexibility index (Phi) is 6.65. The second-order valence-electron chi connectivity index (χ2n) is 11.9. The van der Waals surface area contributed by atoms with Gasteiger partial charge in [0.2, 0.25) is 11.8 Å². The molecule has 10 nitrogen and oxygen atoms in total. The molecule has 2 fully saturated rings. The molecule has 4 aliphatic rings. The first-order valence-electron chi connectivity index (χ1n) is 14.7. The van der Waals surface area contributed by atoms with Crippen molar-refractivity contribution in [1.29, 1.82) is 0 Å². The zero-order valence-electron chi connectivity index (χ0n) is 23.9. The highest BCUT2D eigenvalue weighted by molar-refractivity contribution is 6.19. The number of anilines is 3. The summed E-state index contributed by atoms with van der Waals surface area (Å²) < 4.78 is 13.4. The van der Waals surface area contributed by atoms with Crippen LogP contribution >= 0.6 is 0 Å². The van der Waals surface area contributed by atoms with Gasteiger partial charge in [0, 0.05) is 42.5 Å². The summed E-state index contributed by atoms with van der Waals surface area (Å²) in [6, 6.07) is 10.3. The Morgan fingerprint density at radius 1 is 1.12 bits per heavy atom. The van der Waals surface area contributed by atoms with Crippen LogP contribution in [0.1, 0.15) is 48.7 Å². The van der Waals surface area contributed by atoms with Crippen molar-refractivity contribution in [2.75, 3.05) is 41.9 Å². The highest BCUT2D eigenvalue weighted by atomic mass is 16.5. The average Bonchev–Trinajstić information content (AvgIpc) is 3.61. The molecule has 0 radical (unpaired) electrons. The molecule has 214 valence electrons. The van der Waals surface area contributed by atoms with Crippen LogP contribution in [0.15, 0.2) is 41.5 Å². The van der Waals surface area contributed by atoms with Crippen molar-refractivity contribution in [3.05, 3.63) is 47.8 Å². The standard InChI is InChI=1S/C31H37N7O3/c1-18-11-22-12-26(33-18)25-14-32-37(3)30(25)41-10-4-5-21(20-6-7-20)15-38-28-9-8-24(34-19(2)23-16-40-17-23)13-27(28)35-31(38)36-29(22)39/h8-9,11-14,19-21,23,34H,4-7,10,15-17H2,1-3H3,(H,35,36,39)/t19?,21-/m1/s1. The molecule has 5 heterocycles. The Morgan fingerprint density at radius 2 is 1.98 bits per heavy atom. The Balaban J connectivity index is 1.25. The van der Waals surface area contributed by atoms with Crippen molar-refractivity contribution in [2.24, 2.45) is 29.8 Å². The van der Waals surface area contributed by atoms with Crippen LogP contribution in [-0.4, -0.2) is 59.0 Å². The van der Waals surface area contributed by atoms with E-state index in [-0.39, 0.29) is 5.91 Å². The number of benzene rings is 1. The van der Waals surface area contributed by atoms with Crippen LogP contribution in [-0.2, 0) is 11.8 Å². The second-order valence-corrected chi connectivity index (χ2v) is 11.9. The molecule has 1 aliphatic carbocycles. The van der Waals surface area contributed by atoms with Gasteiger partial charge in [0.15, 0.2) is 0 Å². The van der Waals surface area contributed by atoms with E-state index in [2.05, 4.69) is 50.7 Å². The minimum absolute atomic E-state index is 0.307. The molecule has 2 bridgehead atoms. The minimum Gasteiger partial charge on any atom is -0.477 e. The lowest BCUT2D eigenvalue weighted by atomic mass is 9.97. The quantitative estimate of drug-likeness (QED) is 0.470. The number of aromatic nitrogens is 3. The van der Waals surface area contributed by atoms with Crippen LogP contribution in [0.5, 0.6) is 5.88 Å². The summed E-state index contributed by atoms with van der Waals surface area (Å²) in [6.07, 6.45) is 6.22. The SMILES string of the molecule is Cc1cc2cc(n1)-c1cnn(C)c1OCCC[C@@H](C1CC1)CN1/C(=N/C2=O)Nc2cc(NC(C)C3COC3)ccc21. The number of nitrogens with zero attached hydrogens (tertiary/aromatic N) is 5. The van der Waals surface area contributed by atoms with Crippen molar-refractivity contribution >= 4 is 28.9 Å². The molecule has 3 aliphatic heterocycles. The first-order valence-corrected chi connectivity index (χ1v) is 14.7. The summed E-state index contributed by atoms with van der Waals surface area (Å²) in [7, 11) is 1.87. The molecule has 7 rings (SSSR count). The fraction of sp³-hybridized carbons (Fsp3) is 0.484. The van der Waals surface area contributed by atoms with E-state index in [9.17, 15) is 4.79 Å². The topological polar surface area (TPSA) is 106 Å². The molecule has 1 unspecified atom stereocenters. The van der Waals surface area contributed by atoms with E-state index >= 15 is 0 Å².